The van der Waals surface area contributed by atoms with Crippen LogP contribution in [-0.2, 0) is 22.6 Å². The first-order valence-electron chi connectivity index (χ1n) is 15.8. The Hall–Kier alpha value is -3.96. The Kier molecular flexibility index (Phi) is 10.2. The number of benzene rings is 3. The van der Waals surface area contributed by atoms with Crippen LogP contribution in [0.1, 0.15) is 25.2 Å². The first kappa shape index (κ1) is 32.0. The third-order valence-electron chi connectivity index (χ3n) is 8.25. The summed E-state index contributed by atoms with van der Waals surface area (Å²) in [6.07, 6.45) is -0.0665. The third kappa shape index (κ3) is 7.70. The van der Waals surface area contributed by atoms with Gasteiger partial charge in [-0.15, -0.1) is 0 Å². The van der Waals surface area contributed by atoms with Crippen LogP contribution in [0.4, 0.5) is 0 Å². The van der Waals surface area contributed by atoms with Crippen molar-refractivity contribution < 1.29 is 19.0 Å². The van der Waals surface area contributed by atoms with E-state index in [9.17, 15) is 9.59 Å². The summed E-state index contributed by atoms with van der Waals surface area (Å²) < 4.78 is 19.0. The zero-order chi connectivity index (χ0) is 32.0. The maximum Gasteiger partial charge on any atom is 0.266 e. The molecular formula is C35H40ClN5O5. The summed E-state index contributed by atoms with van der Waals surface area (Å²) in [5.74, 6) is 1.79. The van der Waals surface area contributed by atoms with Gasteiger partial charge >= 0.3 is 0 Å². The molecular weight excluding hydrogens is 606 g/mol. The average Bonchev–Trinajstić information content (AvgIpc) is 3.06. The second-order valence-corrected chi connectivity index (χ2v) is 12.4. The Morgan fingerprint density at radius 1 is 0.913 bits per heavy atom. The number of hydrogen-bond donors (Lipinski definition) is 0. The predicted molar refractivity (Wildman–Crippen MR) is 178 cm³/mol. The topological polar surface area (TPSA) is 89.4 Å². The normalized spacial score (nSPS) is 16.2. The summed E-state index contributed by atoms with van der Waals surface area (Å²) in [6, 6.07) is 20.6. The number of amides is 1. The van der Waals surface area contributed by atoms with Crippen molar-refractivity contribution in [2.24, 2.45) is 0 Å². The van der Waals surface area contributed by atoms with Gasteiger partial charge in [-0.25, -0.2) is 4.98 Å². The molecule has 11 heteroatoms. The van der Waals surface area contributed by atoms with Gasteiger partial charge in [0, 0.05) is 50.8 Å². The van der Waals surface area contributed by atoms with Crippen molar-refractivity contribution in [1.29, 1.82) is 0 Å². The van der Waals surface area contributed by atoms with Gasteiger partial charge in [-0.3, -0.25) is 24.0 Å². The van der Waals surface area contributed by atoms with Crippen LogP contribution in [0.3, 0.4) is 0 Å². The van der Waals surface area contributed by atoms with E-state index in [4.69, 9.17) is 30.8 Å². The molecule has 0 spiro atoms. The molecule has 242 valence electrons. The van der Waals surface area contributed by atoms with Gasteiger partial charge in [0.15, 0.2) is 6.61 Å². The van der Waals surface area contributed by atoms with Crippen LogP contribution >= 0.6 is 11.6 Å². The van der Waals surface area contributed by atoms with Gasteiger partial charge in [-0.1, -0.05) is 29.8 Å². The van der Waals surface area contributed by atoms with Gasteiger partial charge in [-0.05, 0) is 67.9 Å². The van der Waals surface area contributed by atoms with E-state index in [0.717, 1.165) is 38.4 Å². The second-order valence-electron chi connectivity index (χ2n) is 11.9. The Morgan fingerprint density at radius 2 is 1.63 bits per heavy atom. The average molecular weight is 646 g/mol. The van der Waals surface area contributed by atoms with Crippen LogP contribution in [0.5, 0.6) is 11.5 Å². The van der Waals surface area contributed by atoms with Crippen LogP contribution < -0.4 is 15.0 Å². The van der Waals surface area contributed by atoms with E-state index in [0.29, 0.717) is 71.7 Å². The molecule has 46 heavy (non-hydrogen) atoms. The molecule has 0 N–H and O–H groups in total. The number of rotatable bonds is 10. The van der Waals surface area contributed by atoms with Crippen molar-refractivity contribution in [2.45, 2.75) is 33.0 Å². The Bertz CT molecular complexity index is 1710. The molecule has 0 atom stereocenters. The maximum absolute atomic E-state index is 14.4. The summed E-state index contributed by atoms with van der Waals surface area (Å²) in [6.45, 7) is 10.7. The highest BCUT2D eigenvalue weighted by Gasteiger charge is 2.25. The lowest BCUT2D eigenvalue weighted by atomic mass is 10.1. The van der Waals surface area contributed by atoms with Crippen molar-refractivity contribution in [2.75, 3.05) is 59.1 Å². The van der Waals surface area contributed by atoms with Gasteiger partial charge in [0.1, 0.15) is 17.3 Å². The molecule has 1 amide bonds. The molecule has 0 aliphatic carbocycles. The van der Waals surface area contributed by atoms with Crippen molar-refractivity contribution in [3.05, 3.63) is 93.5 Å². The van der Waals surface area contributed by atoms with Crippen LogP contribution in [0.2, 0.25) is 5.02 Å². The zero-order valence-corrected chi connectivity index (χ0v) is 27.1. The minimum absolute atomic E-state index is 0.0342. The van der Waals surface area contributed by atoms with Crippen molar-refractivity contribution >= 4 is 28.4 Å². The standard InChI is InChI=1S/C35H40ClN5O5/c1-25(2)46-32-6-4-3-5-31(32)41-33(37-30-12-7-26(21-29(30)35(41)43)22-39-17-19-44-20-18-39)23-38-13-15-40(16-14-38)34(42)24-45-28-10-8-27(36)9-11-28/h3-12,21,25H,13-20,22-24H2,1-2H3. The molecule has 4 aromatic rings. The monoisotopic (exact) mass is 645 g/mol. The number of halogens is 1. The SMILES string of the molecule is CC(C)Oc1ccccc1-n1c(CN2CCN(C(=O)COc3ccc(Cl)cc3)CC2)nc2ccc(CN3CCOCC3)cc2c1=O. The van der Waals surface area contributed by atoms with E-state index in [2.05, 4.69) is 15.9 Å². The van der Waals surface area contributed by atoms with Gasteiger partial charge < -0.3 is 19.1 Å². The Morgan fingerprint density at radius 3 is 2.37 bits per heavy atom. The van der Waals surface area contributed by atoms with Crippen LogP contribution in [0.15, 0.2) is 71.5 Å². The van der Waals surface area contributed by atoms with E-state index in [1.54, 1.807) is 28.8 Å². The molecule has 3 aromatic carbocycles. The van der Waals surface area contributed by atoms with Crippen molar-refractivity contribution in [1.82, 2.24) is 24.3 Å². The molecule has 0 unspecified atom stereocenters. The molecule has 3 heterocycles. The number of carbonyl (C=O) groups is 1. The molecule has 2 aliphatic rings. The maximum atomic E-state index is 14.4. The highest BCUT2D eigenvalue weighted by molar-refractivity contribution is 6.30. The molecule has 0 radical (unpaired) electrons. The lowest BCUT2D eigenvalue weighted by Crippen LogP contribution is -2.50. The van der Waals surface area contributed by atoms with Gasteiger partial charge in [0.2, 0.25) is 0 Å². The largest absolute Gasteiger partial charge is 0.489 e. The molecule has 2 aliphatic heterocycles. The molecule has 6 rings (SSSR count). The minimum atomic E-state index is -0.128. The quantitative estimate of drug-likeness (QED) is 0.251. The summed E-state index contributed by atoms with van der Waals surface area (Å²) >= 11 is 5.95. The number of ether oxygens (including phenoxy) is 3. The highest BCUT2D eigenvalue weighted by Crippen LogP contribution is 2.26. The molecule has 0 bridgehead atoms. The lowest BCUT2D eigenvalue weighted by molar-refractivity contribution is -0.135. The number of aromatic nitrogens is 2. The molecule has 10 nitrogen and oxygen atoms in total. The Labute approximate surface area is 274 Å². The van der Waals surface area contributed by atoms with Gasteiger partial charge in [0.25, 0.3) is 11.5 Å². The summed E-state index contributed by atoms with van der Waals surface area (Å²) in [4.78, 5) is 38.7. The fourth-order valence-electron chi connectivity index (χ4n) is 5.87. The molecule has 2 saturated heterocycles. The number of morpholine rings is 1. The predicted octanol–water partition coefficient (Wildman–Crippen LogP) is 4.38. The van der Waals surface area contributed by atoms with E-state index in [1.165, 1.54) is 0 Å². The fourth-order valence-corrected chi connectivity index (χ4v) is 5.99. The van der Waals surface area contributed by atoms with Gasteiger partial charge in [-0.2, -0.15) is 0 Å². The number of fused-ring (bicyclic) bond motifs is 1. The number of hydrogen-bond acceptors (Lipinski definition) is 8. The summed E-state index contributed by atoms with van der Waals surface area (Å²) in [5, 5.41) is 1.19. The molecule has 0 saturated carbocycles. The first-order valence-corrected chi connectivity index (χ1v) is 16.2. The molecule has 2 fully saturated rings. The number of carbonyl (C=O) groups excluding carboxylic acids is 1. The molecule has 1 aromatic heterocycles. The smallest absolute Gasteiger partial charge is 0.266 e. The van der Waals surface area contributed by atoms with Gasteiger partial charge in [0.05, 0.1) is 42.5 Å². The van der Waals surface area contributed by atoms with E-state index in [1.807, 2.05) is 55.1 Å². The van der Waals surface area contributed by atoms with E-state index in [-0.39, 0.29) is 24.2 Å². The van der Waals surface area contributed by atoms with Crippen molar-refractivity contribution in [3.8, 4) is 17.2 Å². The summed E-state index contributed by atoms with van der Waals surface area (Å²) in [5.41, 5.74) is 2.27. The van der Waals surface area contributed by atoms with E-state index >= 15 is 0 Å². The van der Waals surface area contributed by atoms with Crippen LogP contribution in [0, 0.1) is 0 Å². The van der Waals surface area contributed by atoms with E-state index < -0.39 is 0 Å². The first-order chi connectivity index (χ1) is 22.3. The number of nitrogens with zero attached hydrogens (tertiary/aromatic N) is 5. The number of piperazine rings is 1. The second kappa shape index (κ2) is 14.6. The summed E-state index contributed by atoms with van der Waals surface area (Å²) in [7, 11) is 0. The van der Waals surface area contributed by atoms with Crippen LogP contribution in [-0.4, -0.2) is 95.4 Å². The zero-order valence-electron chi connectivity index (χ0n) is 26.4. The lowest BCUT2D eigenvalue weighted by Gasteiger charge is -2.34. The van der Waals surface area contributed by atoms with Crippen molar-refractivity contribution in [3.63, 3.8) is 0 Å². The third-order valence-corrected chi connectivity index (χ3v) is 8.50. The number of para-hydroxylation sites is 2. The minimum Gasteiger partial charge on any atom is -0.489 e. The van der Waals surface area contributed by atoms with Crippen LogP contribution in [0.25, 0.3) is 16.6 Å². The Balaban J connectivity index is 1.23. The fraction of sp³-hybridized carbons (Fsp3) is 0.400. The highest BCUT2D eigenvalue weighted by atomic mass is 35.5.